The van der Waals surface area contributed by atoms with Crippen molar-refractivity contribution >= 4 is 11.8 Å². The summed E-state index contributed by atoms with van der Waals surface area (Å²) in [5, 5.41) is 0. The molecule has 0 fully saturated rings. The van der Waals surface area contributed by atoms with Crippen LogP contribution >= 0.6 is 0 Å². The van der Waals surface area contributed by atoms with Crippen LogP contribution in [0.25, 0.3) is 0 Å². The van der Waals surface area contributed by atoms with E-state index in [4.69, 9.17) is 4.74 Å². The lowest BCUT2D eigenvalue weighted by molar-refractivity contribution is -0.126. The Morgan fingerprint density at radius 1 is 1.47 bits per heavy atom. The number of benzene rings is 1. The first-order valence-electron chi connectivity index (χ1n) is 4.63. The Morgan fingerprint density at radius 2 is 2.20 bits per heavy atom. The van der Waals surface area contributed by atoms with Crippen LogP contribution in [-0.4, -0.2) is 23.8 Å². The van der Waals surface area contributed by atoms with Crippen LogP contribution in [0.15, 0.2) is 18.2 Å². The fourth-order valence-electron chi connectivity index (χ4n) is 1.66. The zero-order valence-electron chi connectivity index (χ0n) is 8.61. The zero-order chi connectivity index (χ0) is 11.0. The fraction of sp³-hybridized carbons (Fsp3) is 0.273. The second kappa shape index (κ2) is 3.38. The highest BCUT2D eigenvalue weighted by molar-refractivity contribution is 6.07. The van der Waals surface area contributed by atoms with Gasteiger partial charge in [0.2, 0.25) is 5.91 Å². The van der Waals surface area contributed by atoms with Gasteiger partial charge in [-0.3, -0.25) is 14.5 Å². The molecule has 0 atom stereocenters. The quantitative estimate of drug-likeness (QED) is 0.692. The number of ether oxygens (including phenoxy) is 1. The monoisotopic (exact) mass is 205 g/mol. The maximum absolute atomic E-state index is 11.8. The predicted molar refractivity (Wildman–Crippen MR) is 53.5 cm³/mol. The first-order valence-corrected chi connectivity index (χ1v) is 4.63. The van der Waals surface area contributed by atoms with Crippen LogP contribution in [0.5, 0.6) is 5.75 Å². The molecule has 1 aromatic rings. The molecule has 4 nitrogen and oxygen atoms in total. The van der Waals surface area contributed by atoms with Crippen LogP contribution < -0.4 is 4.74 Å². The minimum Gasteiger partial charge on any atom is -0.497 e. The van der Waals surface area contributed by atoms with Crippen molar-refractivity contribution in [2.45, 2.75) is 13.5 Å². The van der Waals surface area contributed by atoms with Crippen LogP contribution in [0, 0.1) is 0 Å². The van der Waals surface area contributed by atoms with E-state index in [1.807, 2.05) is 6.07 Å². The van der Waals surface area contributed by atoms with Gasteiger partial charge >= 0.3 is 0 Å². The van der Waals surface area contributed by atoms with Gasteiger partial charge in [0.25, 0.3) is 5.91 Å². The lowest BCUT2D eigenvalue weighted by Gasteiger charge is -2.08. The molecule has 0 unspecified atom stereocenters. The molecular formula is C11H11NO3. The lowest BCUT2D eigenvalue weighted by Crippen LogP contribution is -2.28. The number of hydrogen-bond acceptors (Lipinski definition) is 3. The fourth-order valence-corrected chi connectivity index (χ4v) is 1.66. The van der Waals surface area contributed by atoms with Crippen molar-refractivity contribution in [2.24, 2.45) is 0 Å². The lowest BCUT2D eigenvalue weighted by atomic mass is 10.1. The van der Waals surface area contributed by atoms with Crippen LogP contribution in [0.1, 0.15) is 22.8 Å². The van der Waals surface area contributed by atoms with Gasteiger partial charge in [-0.15, -0.1) is 0 Å². The molecule has 1 aromatic carbocycles. The molecule has 0 N–H and O–H groups in total. The summed E-state index contributed by atoms with van der Waals surface area (Å²) in [6.07, 6.45) is 0. The Hall–Kier alpha value is -1.84. The summed E-state index contributed by atoms with van der Waals surface area (Å²) in [6, 6.07) is 5.27. The molecule has 15 heavy (non-hydrogen) atoms. The van der Waals surface area contributed by atoms with E-state index < -0.39 is 0 Å². The molecule has 1 aliphatic rings. The van der Waals surface area contributed by atoms with Gasteiger partial charge in [0.15, 0.2) is 0 Å². The number of imide groups is 1. The van der Waals surface area contributed by atoms with Crippen molar-refractivity contribution in [1.82, 2.24) is 4.90 Å². The van der Waals surface area contributed by atoms with Gasteiger partial charge in [0.1, 0.15) is 5.75 Å². The molecule has 4 heteroatoms. The Balaban J connectivity index is 2.42. The van der Waals surface area contributed by atoms with E-state index in [1.165, 1.54) is 11.8 Å². The van der Waals surface area contributed by atoms with Gasteiger partial charge in [0.05, 0.1) is 13.7 Å². The summed E-state index contributed by atoms with van der Waals surface area (Å²) in [5.41, 5.74) is 1.43. The second-order valence-corrected chi connectivity index (χ2v) is 3.43. The Kier molecular flexibility index (Phi) is 2.19. The standard InChI is InChI=1S/C11H11NO3/c1-7(13)12-6-8-3-4-9(15-2)5-10(8)11(12)14/h3-5H,6H2,1-2H3. The summed E-state index contributed by atoms with van der Waals surface area (Å²) in [6.45, 7) is 1.76. The van der Waals surface area contributed by atoms with E-state index in [0.29, 0.717) is 17.9 Å². The number of fused-ring (bicyclic) bond motifs is 1. The van der Waals surface area contributed by atoms with E-state index in [9.17, 15) is 9.59 Å². The number of hydrogen-bond donors (Lipinski definition) is 0. The third kappa shape index (κ3) is 1.48. The summed E-state index contributed by atoms with van der Waals surface area (Å²) in [5.74, 6) is 0.166. The van der Waals surface area contributed by atoms with Gasteiger partial charge in [-0.2, -0.15) is 0 Å². The molecule has 1 aliphatic heterocycles. The first-order chi connectivity index (χ1) is 7.13. The zero-order valence-corrected chi connectivity index (χ0v) is 8.61. The Bertz CT molecular complexity index is 439. The maximum Gasteiger partial charge on any atom is 0.261 e. The summed E-state index contributed by atoms with van der Waals surface area (Å²) in [7, 11) is 1.55. The van der Waals surface area contributed by atoms with Crippen molar-refractivity contribution in [3.05, 3.63) is 29.3 Å². The molecule has 0 saturated heterocycles. The van der Waals surface area contributed by atoms with Gasteiger partial charge in [0, 0.05) is 12.5 Å². The van der Waals surface area contributed by atoms with E-state index in [0.717, 1.165) is 5.56 Å². The number of nitrogens with zero attached hydrogens (tertiary/aromatic N) is 1. The van der Waals surface area contributed by atoms with Crippen molar-refractivity contribution in [2.75, 3.05) is 7.11 Å². The Labute approximate surface area is 87.4 Å². The van der Waals surface area contributed by atoms with Crippen LogP contribution in [0.3, 0.4) is 0 Å². The topological polar surface area (TPSA) is 46.6 Å². The predicted octanol–water partition coefficient (Wildman–Crippen LogP) is 1.20. The van der Waals surface area contributed by atoms with Gasteiger partial charge in [-0.1, -0.05) is 6.07 Å². The molecule has 0 saturated carbocycles. The van der Waals surface area contributed by atoms with Gasteiger partial charge < -0.3 is 4.74 Å². The number of methoxy groups -OCH3 is 1. The van der Waals surface area contributed by atoms with Gasteiger partial charge in [-0.25, -0.2) is 0 Å². The molecule has 0 spiro atoms. The minimum atomic E-state index is -0.239. The van der Waals surface area contributed by atoms with E-state index in [2.05, 4.69) is 0 Å². The molecule has 1 heterocycles. The van der Waals surface area contributed by atoms with E-state index >= 15 is 0 Å². The van der Waals surface area contributed by atoms with E-state index in [1.54, 1.807) is 19.2 Å². The largest absolute Gasteiger partial charge is 0.497 e. The van der Waals surface area contributed by atoms with Crippen molar-refractivity contribution in [3.8, 4) is 5.75 Å². The Morgan fingerprint density at radius 3 is 2.80 bits per heavy atom. The second-order valence-electron chi connectivity index (χ2n) is 3.43. The third-order valence-corrected chi connectivity index (χ3v) is 2.50. The highest BCUT2D eigenvalue weighted by atomic mass is 16.5. The SMILES string of the molecule is COc1ccc2c(c1)C(=O)N(C(C)=O)C2. The molecule has 78 valence electrons. The molecule has 0 radical (unpaired) electrons. The maximum atomic E-state index is 11.8. The molecule has 2 amide bonds. The van der Waals surface area contributed by atoms with Gasteiger partial charge in [-0.05, 0) is 17.7 Å². The minimum absolute atomic E-state index is 0.227. The van der Waals surface area contributed by atoms with Crippen molar-refractivity contribution in [1.29, 1.82) is 0 Å². The first kappa shape index (κ1) is 9.71. The molecule has 0 aromatic heterocycles. The van der Waals surface area contributed by atoms with E-state index in [-0.39, 0.29) is 11.8 Å². The number of amides is 2. The summed E-state index contributed by atoms with van der Waals surface area (Å²) >= 11 is 0. The smallest absolute Gasteiger partial charge is 0.261 e. The van der Waals surface area contributed by atoms with Crippen molar-refractivity contribution in [3.63, 3.8) is 0 Å². The molecule has 0 bridgehead atoms. The highest BCUT2D eigenvalue weighted by Crippen LogP contribution is 2.26. The van der Waals surface area contributed by atoms with Crippen molar-refractivity contribution < 1.29 is 14.3 Å². The highest BCUT2D eigenvalue weighted by Gasteiger charge is 2.30. The van der Waals surface area contributed by atoms with Crippen LogP contribution in [0.2, 0.25) is 0 Å². The van der Waals surface area contributed by atoms with Crippen LogP contribution in [0.4, 0.5) is 0 Å². The molecule has 0 aliphatic carbocycles. The van der Waals surface area contributed by atoms with Crippen LogP contribution in [-0.2, 0) is 11.3 Å². The average molecular weight is 205 g/mol. The normalized spacial score (nSPS) is 14.0. The third-order valence-electron chi connectivity index (χ3n) is 2.50. The molecular weight excluding hydrogens is 194 g/mol. The number of carbonyl (C=O) groups is 2. The summed E-state index contributed by atoms with van der Waals surface area (Å²) in [4.78, 5) is 24.1. The number of rotatable bonds is 1. The summed E-state index contributed by atoms with van der Waals surface area (Å²) < 4.78 is 5.03. The average Bonchev–Trinajstić information content (AvgIpc) is 2.56. The number of carbonyl (C=O) groups excluding carboxylic acids is 2. The molecule has 2 rings (SSSR count).